The predicted octanol–water partition coefficient (Wildman–Crippen LogP) is 1.13. The van der Waals surface area contributed by atoms with E-state index < -0.39 is 59.8 Å². The fraction of sp³-hybridized carbons (Fsp3) is 0.409. The second-order valence-electron chi connectivity index (χ2n) is 7.76. The molecule has 4 atom stereocenters. The highest BCUT2D eigenvalue weighted by Gasteiger charge is 2.60. The molecule has 34 heavy (non-hydrogen) atoms. The number of halogens is 1. The van der Waals surface area contributed by atoms with E-state index in [2.05, 4.69) is 0 Å². The molecule has 2 aromatic rings. The number of hydrogen-bond acceptors (Lipinski definition) is 9. The third-order valence-electron chi connectivity index (χ3n) is 5.11. The van der Waals surface area contributed by atoms with E-state index in [-0.39, 0.29) is 11.4 Å². The highest BCUT2D eigenvalue weighted by atomic mass is 35.5. The molecule has 0 amide bonds. The fourth-order valence-corrected chi connectivity index (χ4v) is 3.98. The minimum Gasteiger partial charge on any atom is -0.463 e. The molecular weight excluding hydrogens is 472 g/mol. The Kier molecular flexibility index (Phi) is 7.57. The maximum atomic E-state index is 12.6. The van der Waals surface area contributed by atoms with Crippen molar-refractivity contribution < 1.29 is 33.3 Å². The van der Waals surface area contributed by atoms with Crippen LogP contribution < -0.4 is 11.2 Å². The normalized spacial score (nSPS) is 23.8. The third kappa shape index (κ3) is 5.54. The van der Waals surface area contributed by atoms with Crippen LogP contribution >= 0.6 is 11.6 Å². The quantitative estimate of drug-likeness (QED) is 0.442. The number of carbonyl (C=O) groups is 3. The summed E-state index contributed by atoms with van der Waals surface area (Å²) in [5.74, 6) is -2.10. The van der Waals surface area contributed by atoms with Crippen molar-refractivity contribution in [2.45, 2.75) is 51.2 Å². The van der Waals surface area contributed by atoms with Crippen LogP contribution in [-0.2, 0) is 39.8 Å². The van der Waals surface area contributed by atoms with Gasteiger partial charge in [0.05, 0.1) is 0 Å². The monoisotopic (exact) mass is 494 g/mol. The molecule has 0 spiro atoms. The molecule has 1 aliphatic heterocycles. The second kappa shape index (κ2) is 10.2. The molecule has 1 aromatic carbocycles. The molecule has 2 heterocycles. The summed E-state index contributed by atoms with van der Waals surface area (Å²) in [6, 6.07) is 8.91. The van der Waals surface area contributed by atoms with Crippen LogP contribution in [0, 0.1) is 0 Å². The number of aromatic amines is 1. The number of nitrogens with one attached hydrogen (secondary N) is 1. The summed E-state index contributed by atoms with van der Waals surface area (Å²) < 4.78 is 23.4. The van der Waals surface area contributed by atoms with Crippen LogP contribution in [0.4, 0.5) is 0 Å². The molecule has 1 aromatic heterocycles. The van der Waals surface area contributed by atoms with Crippen LogP contribution in [-0.4, -0.2) is 51.9 Å². The van der Waals surface area contributed by atoms with Gasteiger partial charge in [-0.3, -0.25) is 28.7 Å². The molecule has 1 fully saturated rings. The lowest BCUT2D eigenvalue weighted by Gasteiger charge is -2.33. The van der Waals surface area contributed by atoms with E-state index in [0.29, 0.717) is 0 Å². The number of aromatic nitrogens is 2. The average Bonchev–Trinajstić information content (AvgIpc) is 3.02. The molecular formula is C22H23ClN2O9. The van der Waals surface area contributed by atoms with Gasteiger partial charge in [0.1, 0.15) is 17.2 Å². The Morgan fingerprint density at radius 1 is 1.06 bits per heavy atom. The predicted molar refractivity (Wildman–Crippen MR) is 117 cm³/mol. The molecule has 1 aliphatic rings. The summed E-state index contributed by atoms with van der Waals surface area (Å²) in [5, 5.41) is -0.325. The highest BCUT2D eigenvalue weighted by Crippen LogP contribution is 2.43. The number of ether oxygens (including phenoxy) is 4. The molecule has 0 aliphatic carbocycles. The Morgan fingerprint density at radius 2 is 1.71 bits per heavy atom. The molecule has 11 nitrogen and oxygen atoms in total. The van der Waals surface area contributed by atoms with Gasteiger partial charge in [0.2, 0.25) is 0 Å². The van der Waals surface area contributed by atoms with Crippen LogP contribution in [0.1, 0.15) is 32.6 Å². The van der Waals surface area contributed by atoms with Gasteiger partial charge < -0.3 is 18.9 Å². The Bertz CT molecular complexity index is 1190. The largest absolute Gasteiger partial charge is 0.463 e. The first-order valence-electron chi connectivity index (χ1n) is 10.2. The highest BCUT2D eigenvalue weighted by molar-refractivity contribution is 6.30. The summed E-state index contributed by atoms with van der Waals surface area (Å²) >= 11 is 5.92. The number of nitrogens with zero attached hydrogens (tertiary/aromatic N) is 1. The van der Waals surface area contributed by atoms with Gasteiger partial charge >= 0.3 is 23.6 Å². The van der Waals surface area contributed by atoms with Gasteiger partial charge in [-0.2, -0.15) is 0 Å². The number of rotatable bonds is 7. The van der Waals surface area contributed by atoms with Crippen molar-refractivity contribution in [1.29, 1.82) is 0 Å². The smallest absolute Gasteiger partial charge is 0.330 e. The van der Waals surface area contributed by atoms with E-state index in [9.17, 15) is 24.0 Å². The Balaban J connectivity index is 2.20. The zero-order chi connectivity index (χ0) is 25.0. The van der Waals surface area contributed by atoms with E-state index in [1.807, 2.05) is 4.98 Å². The summed E-state index contributed by atoms with van der Waals surface area (Å²) in [5.41, 5.74) is -2.56. The number of H-pyrrole nitrogens is 1. The zero-order valence-electron chi connectivity index (χ0n) is 18.6. The molecule has 0 saturated carbocycles. The molecule has 0 radical (unpaired) electrons. The lowest BCUT2D eigenvalue weighted by atomic mass is 9.88. The lowest BCUT2D eigenvalue weighted by Crippen LogP contribution is -2.52. The second-order valence-corrected chi connectivity index (χ2v) is 8.17. The Hall–Kier alpha value is -3.44. The van der Waals surface area contributed by atoms with Crippen molar-refractivity contribution in [2.75, 3.05) is 6.61 Å². The molecule has 1 saturated heterocycles. The van der Waals surface area contributed by atoms with Gasteiger partial charge in [-0.15, -0.1) is 0 Å². The van der Waals surface area contributed by atoms with Gasteiger partial charge in [0.25, 0.3) is 5.56 Å². The van der Waals surface area contributed by atoms with Crippen molar-refractivity contribution in [3.63, 3.8) is 0 Å². The van der Waals surface area contributed by atoms with Gasteiger partial charge in [0, 0.05) is 33.4 Å². The van der Waals surface area contributed by atoms with E-state index >= 15 is 0 Å². The maximum Gasteiger partial charge on any atom is 0.330 e. The van der Waals surface area contributed by atoms with Crippen molar-refractivity contribution in [3.05, 3.63) is 68.0 Å². The van der Waals surface area contributed by atoms with Gasteiger partial charge in [-0.25, -0.2) is 4.79 Å². The van der Waals surface area contributed by atoms with E-state index in [1.165, 1.54) is 6.92 Å². The van der Waals surface area contributed by atoms with Crippen molar-refractivity contribution >= 4 is 29.5 Å². The summed E-state index contributed by atoms with van der Waals surface area (Å²) in [6.07, 6.45) is -2.94. The molecule has 182 valence electrons. The standard InChI is InChI=1S/C22H23ClN2O9/c1-12(26)31-11-22(9-15-7-5-4-6-8-15)18(33-14(3)28)17(32-13(2)27)20(34-22)25-10-16(23)19(29)24-21(25)30/h4-8,10,17-18,20H,9,11H2,1-3H3,(H,24,29,30)/t17?,18?,20-,22-/m1/s1. The summed E-state index contributed by atoms with van der Waals surface area (Å²) in [6.45, 7) is 3.09. The lowest BCUT2D eigenvalue weighted by molar-refractivity contribution is -0.177. The van der Waals surface area contributed by atoms with Gasteiger partial charge in [-0.1, -0.05) is 41.9 Å². The maximum absolute atomic E-state index is 12.6. The Labute approximate surface area is 198 Å². The zero-order valence-corrected chi connectivity index (χ0v) is 19.4. The van der Waals surface area contributed by atoms with E-state index in [0.717, 1.165) is 30.2 Å². The topological polar surface area (TPSA) is 143 Å². The van der Waals surface area contributed by atoms with Gasteiger partial charge in [-0.05, 0) is 5.56 Å². The number of carbonyl (C=O) groups excluding carboxylic acids is 3. The van der Waals surface area contributed by atoms with Crippen LogP contribution in [0.5, 0.6) is 0 Å². The third-order valence-corrected chi connectivity index (χ3v) is 5.38. The minimum absolute atomic E-state index is 0.0547. The molecule has 0 bridgehead atoms. The van der Waals surface area contributed by atoms with E-state index in [1.54, 1.807) is 30.3 Å². The minimum atomic E-state index is -1.56. The molecule has 12 heteroatoms. The SMILES string of the molecule is CC(=O)OC[C@@]1(Cc2ccccc2)O[C@@H](n2cc(Cl)c(=O)[nH]c2=O)C(OC(C)=O)C1OC(C)=O. The summed E-state index contributed by atoms with van der Waals surface area (Å²) in [4.78, 5) is 62.1. The number of hydrogen-bond donors (Lipinski definition) is 1. The first kappa shape index (κ1) is 25.2. The average molecular weight is 495 g/mol. The molecule has 3 rings (SSSR count). The van der Waals surface area contributed by atoms with Crippen LogP contribution in [0.15, 0.2) is 46.1 Å². The van der Waals surface area contributed by atoms with Crippen LogP contribution in [0.25, 0.3) is 0 Å². The molecule has 1 N–H and O–H groups in total. The van der Waals surface area contributed by atoms with Crippen molar-refractivity contribution in [1.82, 2.24) is 9.55 Å². The first-order chi connectivity index (χ1) is 16.0. The number of esters is 3. The molecule has 2 unspecified atom stereocenters. The first-order valence-corrected chi connectivity index (χ1v) is 10.6. The van der Waals surface area contributed by atoms with Crippen LogP contribution in [0.3, 0.4) is 0 Å². The number of benzene rings is 1. The van der Waals surface area contributed by atoms with E-state index in [4.69, 9.17) is 30.5 Å². The van der Waals surface area contributed by atoms with Crippen molar-refractivity contribution in [2.24, 2.45) is 0 Å². The van der Waals surface area contributed by atoms with Crippen LogP contribution in [0.2, 0.25) is 5.02 Å². The Morgan fingerprint density at radius 3 is 2.29 bits per heavy atom. The fourth-order valence-electron chi connectivity index (χ4n) is 3.83. The summed E-state index contributed by atoms with van der Waals surface area (Å²) in [7, 11) is 0. The van der Waals surface area contributed by atoms with Gasteiger partial charge in [0.15, 0.2) is 18.4 Å². The van der Waals surface area contributed by atoms with Crippen molar-refractivity contribution in [3.8, 4) is 0 Å².